The lowest BCUT2D eigenvalue weighted by Gasteiger charge is -2.27. The van der Waals surface area contributed by atoms with Crippen LogP contribution in [0.2, 0.25) is 0 Å². The number of nitrogens with zero attached hydrogens (tertiary/aromatic N) is 3. The van der Waals surface area contributed by atoms with Crippen LogP contribution in [0.4, 0.5) is 0 Å². The molecule has 0 saturated carbocycles. The zero-order chi connectivity index (χ0) is 15.0. The third kappa shape index (κ3) is 3.06. The van der Waals surface area contributed by atoms with Crippen molar-refractivity contribution in [2.24, 2.45) is 7.05 Å². The predicted molar refractivity (Wildman–Crippen MR) is 87.9 cm³/mol. The van der Waals surface area contributed by atoms with Crippen LogP contribution >= 0.6 is 31.9 Å². The molecule has 0 N–H and O–H groups in total. The second kappa shape index (κ2) is 5.93. The van der Waals surface area contributed by atoms with Crippen molar-refractivity contribution in [3.05, 3.63) is 50.4 Å². The van der Waals surface area contributed by atoms with Gasteiger partial charge in [-0.15, -0.1) is 0 Å². The molecule has 0 radical (unpaired) electrons. The van der Waals surface area contributed by atoms with Gasteiger partial charge in [-0.1, -0.05) is 28.1 Å². The molecule has 21 heavy (non-hydrogen) atoms. The highest BCUT2D eigenvalue weighted by Gasteiger charge is 2.25. The summed E-state index contributed by atoms with van der Waals surface area (Å²) in [5.41, 5.74) is 3.26. The summed E-state index contributed by atoms with van der Waals surface area (Å²) in [5.74, 6) is 0.167. The molecule has 0 spiro atoms. The summed E-state index contributed by atoms with van der Waals surface area (Å²) in [7, 11) is 1.97. The van der Waals surface area contributed by atoms with Crippen molar-refractivity contribution >= 4 is 37.8 Å². The van der Waals surface area contributed by atoms with Crippen LogP contribution in [0.15, 0.2) is 33.5 Å². The number of hydrogen-bond donors (Lipinski definition) is 0. The summed E-state index contributed by atoms with van der Waals surface area (Å²) in [6.45, 7) is 1.38. The minimum absolute atomic E-state index is 0.167. The van der Waals surface area contributed by atoms with Crippen molar-refractivity contribution in [3.8, 4) is 0 Å². The molecule has 0 aliphatic carbocycles. The number of carbonyl (C=O) groups is 1. The van der Waals surface area contributed by atoms with E-state index in [9.17, 15) is 4.79 Å². The Hall–Kier alpha value is -1.14. The highest BCUT2D eigenvalue weighted by atomic mass is 79.9. The average molecular weight is 413 g/mol. The van der Waals surface area contributed by atoms with E-state index in [1.165, 1.54) is 0 Å². The topological polar surface area (TPSA) is 38.1 Å². The maximum atomic E-state index is 12.5. The van der Waals surface area contributed by atoms with E-state index in [0.717, 1.165) is 39.1 Å². The minimum Gasteiger partial charge on any atom is -0.336 e. The fourth-order valence-electron chi connectivity index (χ4n) is 2.56. The number of carbonyl (C=O) groups excluding carboxylic acids is 1. The Morgan fingerprint density at radius 2 is 2.00 bits per heavy atom. The quantitative estimate of drug-likeness (QED) is 0.760. The van der Waals surface area contributed by atoms with Crippen molar-refractivity contribution in [1.29, 1.82) is 0 Å². The van der Waals surface area contributed by atoms with Gasteiger partial charge in [-0.2, -0.15) is 0 Å². The van der Waals surface area contributed by atoms with E-state index < -0.39 is 0 Å². The molecule has 6 heteroatoms. The van der Waals surface area contributed by atoms with Gasteiger partial charge in [-0.25, -0.2) is 4.98 Å². The van der Waals surface area contributed by atoms with Crippen LogP contribution in [0.3, 0.4) is 0 Å². The number of aromatic nitrogens is 2. The molecule has 4 nitrogen and oxygen atoms in total. The van der Waals surface area contributed by atoms with Crippen molar-refractivity contribution in [1.82, 2.24) is 14.5 Å². The zero-order valence-corrected chi connectivity index (χ0v) is 14.8. The monoisotopic (exact) mass is 411 g/mol. The molecule has 1 amide bonds. The van der Waals surface area contributed by atoms with E-state index in [0.29, 0.717) is 13.0 Å². The summed E-state index contributed by atoms with van der Waals surface area (Å²) >= 11 is 6.84. The standard InChI is InChI=1S/C15H15Br2N3O/c1-19-13-9-20(7-6-12(13)18-15(19)17)14(21)8-10-2-4-11(16)5-3-10/h2-5H,6-9H2,1H3. The largest absolute Gasteiger partial charge is 0.336 e. The third-order valence-electron chi connectivity index (χ3n) is 3.82. The highest BCUT2D eigenvalue weighted by Crippen LogP contribution is 2.22. The number of halogens is 2. The first-order valence-corrected chi connectivity index (χ1v) is 8.35. The Morgan fingerprint density at radius 3 is 2.71 bits per heavy atom. The first kappa shape index (κ1) is 14.8. The van der Waals surface area contributed by atoms with E-state index in [4.69, 9.17) is 0 Å². The molecule has 0 unspecified atom stereocenters. The zero-order valence-electron chi connectivity index (χ0n) is 11.6. The summed E-state index contributed by atoms with van der Waals surface area (Å²) < 4.78 is 3.87. The van der Waals surface area contributed by atoms with Crippen LogP contribution in [0.1, 0.15) is 17.0 Å². The Kier molecular flexibility index (Phi) is 4.17. The number of imidazole rings is 1. The fraction of sp³-hybridized carbons (Fsp3) is 0.333. The molecule has 1 aliphatic heterocycles. The number of hydrogen-bond acceptors (Lipinski definition) is 2. The van der Waals surface area contributed by atoms with Crippen molar-refractivity contribution < 1.29 is 4.79 Å². The molecule has 0 fully saturated rings. The number of fused-ring (bicyclic) bond motifs is 1. The summed E-state index contributed by atoms with van der Waals surface area (Å²) in [4.78, 5) is 18.8. The highest BCUT2D eigenvalue weighted by molar-refractivity contribution is 9.10. The molecule has 2 aromatic rings. The number of rotatable bonds is 2. The van der Waals surface area contributed by atoms with Crippen LogP contribution in [0.5, 0.6) is 0 Å². The van der Waals surface area contributed by atoms with Gasteiger partial charge in [0, 0.05) is 24.5 Å². The second-order valence-corrected chi connectivity index (χ2v) is 6.83. The van der Waals surface area contributed by atoms with Gasteiger partial charge in [0.2, 0.25) is 5.91 Å². The molecule has 3 rings (SSSR count). The lowest BCUT2D eigenvalue weighted by molar-refractivity contribution is -0.131. The summed E-state index contributed by atoms with van der Waals surface area (Å²) in [5, 5.41) is 0. The van der Waals surface area contributed by atoms with Gasteiger partial charge >= 0.3 is 0 Å². The first-order valence-electron chi connectivity index (χ1n) is 6.77. The molecule has 0 atom stereocenters. The third-order valence-corrected chi connectivity index (χ3v) is 5.06. The van der Waals surface area contributed by atoms with Gasteiger partial charge in [-0.05, 0) is 33.6 Å². The van der Waals surface area contributed by atoms with E-state index in [1.807, 2.05) is 40.8 Å². The molecule has 110 valence electrons. The smallest absolute Gasteiger partial charge is 0.227 e. The van der Waals surface area contributed by atoms with E-state index in [1.54, 1.807) is 0 Å². The molecule has 1 aliphatic rings. The predicted octanol–water partition coefficient (Wildman–Crippen LogP) is 3.07. The molecular formula is C15H15Br2N3O. The van der Waals surface area contributed by atoms with Gasteiger partial charge < -0.3 is 9.47 Å². The molecule has 2 heterocycles. The molecular weight excluding hydrogens is 398 g/mol. The van der Waals surface area contributed by atoms with Crippen LogP contribution < -0.4 is 0 Å². The fourth-order valence-corrected chi connectivity index (χ4v) is 3.25. The Morgan fingerprint density at radius 1 is 1.29 bits per heavy atom. The van der Waals surface area contributed by atoms with E-state index >= 15 is 0 Å². The maximum absolute atomic E-state index is 12.5. The summed E-state index contributed by atoms with van der Waals surface area (Å²) in [6, 6.07) is 7.90. The van der Waals surface area contributed by atoms with Crippen molar-refractivity contribution in [3.63, 3.8) is 0 Å². The SMILES string of the molecule is Cn1c(Br)nc2c1CN(C(=O)Cc1ccc(Br)cc1)CC2. The average Bonchev–Trinajstić information content (AvgIpc) is 2.76. The van der Waals surface area contributed by atoms with Crippen LogP contribution in [0, 0.1) is 0 Å². The number of benzene rings is 1. The van der Waals surface area contributed by atoms with Crippen LogP contribution in [-0.2, 0) is 31.2 Å². The lowest BCUT2D eigenvalue weighted by Crippen LogP contribution is -2.37. The molecule has 1 aromatic carbocycles. The Balaban J connectivity index is 1.72. The Bertz CT molecular complexity index is 679. The molecule has 0 saturated heterocycles. The minimum atomic E-state index is 0.167. The lowest BCUT2D eigenvalue weighted by atomic mass is 10.1. The maximum Gasteiger partial charge on any atom is 0.227 e. The van der Waals surface area contributed by atoms with Gasteiger partial charge in [0.05, 0.1) is 24.4 Å². The van der Waals surface area contributed by atoms with Gasteiger partial charge in [0.15, 0.2) is 4.73 Å². The van der Waals surface area contributed by atoms with Crippen LogP contribution in [0.25, 0.3) is 0 Å². The van der Waals surface area contributed by atoms with Crippen LogP contribution in [-0.4, -0.2) is 26.9 Å². The normalized spacial score (nSPS) is 14.1. The first-order chi connectivity index (χ1) is 10.0. The van der Waals surface area contributed by atoms with Gasteiger partial charge in [0.1, 0.15) is 0 Å². The van der Waals surface area contributed by atoms with Gasteiger partial charge in [0.25, 0.3) is 0 Å². The molecule has 1 aromatic heterocycles. The second-order valence-electron chi connectivity index (χ2n) is 5.20. The molecule has 0 bridgehead atoms. The van der Waals surface area contributed by atoms with Gasteiger partial charge in [-0.3, -0.25) is 4.79 Å². The van der Waals surface area contributed by atoms with E-state index in [2.05, 4.69) is 36.8 Å². The van der Waals surface area contributed by atoms with Crippen molar-refractivity contribution in [2.75, 3.05) is 6.54 Å². The van der Waals surface area contributed by atoms with E-state index in [-0.39, 0.29) is 5.91 Å². The summed E-state index contributed by atoms with van der Waals surface area (Å²) in [6.07, 6.45) is 1.27. The van der Waals surface area contributed by atoms with Crippen molar-refractivity contribution in [2.45, 2.75) is 19.4 Å². The Labute approximate surface area is 140 Å². The number of amides is 1.